The number of thioether (sulfide) groups is 1. The first-order valence-electron chi connectivity index (χ1n) is 9.78. The minimum absolute atomic E-state index is 0.104. The molecular weight excluding hydrogens is 414 g/mol. The second-order valence-electron chi connectivity index (χ2n) is 8.56. The van der Waals surface area contributed by atoms with E-state index in [-0.39, 0.29) is 11.3 Å². The van der Waals surface area contributed by atoms with E-state index in [9.17, 15) is 19.5 Å². The van der Waals surface area contributed by atoms with Crippen LogP contribution in [0.15, 0.2) is 6.33 Å². The molecule has 1 N–H and O–H groups in total. The van der Waals surface area contributed by atoms with Gasteiger partial charge in [-0.2, -0.15) is 0 Å². The van der Waals surface area contributed by atoms with Gasteiger partial charge in [-0.1, -0.05) is 0 Å². The van der Waals surface area contributed by atoms with Crippen molar-refractivity contribution in [2.45, 2.75) is 75.8 Å². The number of carbonyl (C=O) groups is 3. The van der Waals surface area contributed by atoms with Gasteiger partial charge in [0, 0.05) is 6.54 Å². The van der Waals surface area contributed by atoms with Crippen LogP contribution in [0, 0.1) is 5.41 Å². The number of amides is 1. The van der Waals surface area contributed by atoms with Gasteiger partial charge in [-0.15, -0.1) is 16.9 Å². The maximum atomic E-state index is 13.2. The molecule has 2 unspecified atom stereocenters. The third-order valence-corrected chi connectivity index (χ3v) is 6.89. The Bertz CT molecular complexity index is 795. The predicted molar refractivity (Wildman–Crippen MR) is 105 cm³/mol. The Morgan fingerprint density at radius 2 is 2.13 bits per heavy atom. The molecule has 4 atom stereocenters. The average molecular weight is 442 g/mol. The molecule has 0 bridgehead atoms. The zero-order valence-electron chi connectivity index (χ0n) is 17.5. The van der Waals surface area contributed by atoms with Gasteiger partial charge in [-0.05, 0) is 51.0 Å². The molecule has 1 aromatic heterocycles. The first-order valence-corrected chi connectivity index (χ1v) is 10.7. The first-order chi connectivity index (χ1) is 14.1. The zero-order chi connectivity index (χ0) is 22.1. The molecule has 2 saturated heterocycles. The Labute approximate surface area is 178 Å². The maximum Gasteiger partial charge on any atom is 0.327 e. The molecule has 166 valence electrons. The van der Waals surface area contributed by atoms with Crippen molar-refractivity contribution >= 4 is 29.6 Å². The number of esters is 2. The van der Waals surface area contributed by atoms with E-state index < -0.39 is 41.0 Å². The molecule has 1 aromatic rings. The second-order valence-corrected chi connectivity index (χ2v) is 10.1. The lowest BCUT2D eigenvalue weighted by Crippen LogP contribution is -2.60. The summed E-state index contributed by atoms with van der Waals surface area (Å²) < 4.78 is 10.8. The quantitative estimate of drug-likeness (QED) is 0.341. The molecule has 0 aliphatic carbocycles. The molecule has 2 aliphatic rings. The van der Waals surface area contributed by atoms with Crippen molar-refractivity contribution in [3.8, 4) is 0 Å². The number of aliphatic hydroxyl groups excluding tert-OH is 1. The molecule has 0 radical (unpaired) electrons. The van der Waals surface area contributed by atoms with Gasteiger partial charge in [0.1, 0.15) is 11.1 Å². The van der Waals surface area contributed by atoms with Crippen molar-refractivity contribution in [2.75, 3.05) is 6.79 Å². The number of hydrogen-bond acceptors (Lipinski definition) is 10. The summed E-state index contributed by atoms with van der Waals surface area (Å²) in [5.41, 5.74) is -0.725. The first kappa shape index (κ1) is 22.5. The van der Waals surface area contributed by atoms with Gasteiger partial charge in [0.2, 0.25) is 12.7 Å². The van der Waals surface area contributed by atoms with Crippen molar-refractivity contribution in [1.29, 1.82) is 0 Å². The molecule has 1 amide bonds. The Kier molecular flexibility index (Phi) is 6.37. The summed E-state index contributed by atoms with van der Waals surface area (Å²) in [5.74, 6) is -1.21. The average Bonchev–Trinajstić information content (AvgIpc) is 3.25. The summed E-state index contributed by atoms with van der Waals surface area (Å²) in [6.45, 7) is 6.60. The molecule has 0 saturated carbocycles. The highest BCUT2D eigenvalue weighted by Crippen LogP contribution is 2.54. The number of hydrogen-bond donors (Lipinski definition) is 1. The monoisotopic (exact) mass is 441 g/mol. The summed E-state index contributed by atoms with van der Waals surface area (Å²) >= 11 is 1.33. The normalized spacial score (nSPS) is 26.7. The fraction of sp³-hybridized carbons (Fsp3) is 0.778. The van der Waals surface area contributed by atoms with Crippen LogP contribution in [-0.2, 0) is 30.4 Å². The number of aryl methyl sites for hydroxylation is 1. The fourth-order valence-corrected chi connectivity index (χ4v) is 5.67. The van der Waals surface area contributed by atoms with E-state index in [1.54, 1.807) is 37.3 Å². The van der Waals surface area contributed by atoms with E-state index >= 15 is 0 Å². The van der Waals surface area contributed by atoms with E-state index in [1.807, 2.05) is 0 Å². The summed E-state index contributed by atoms with van der Waals surface area (Å²) in [6.07, 6.45) is 1.70. The molecule has 0 spiro atoms. The van der Waals surface area contributed by atoms with Crippen LogP contribution in [0.4, 0.5) is 0 Å². The number of rotatable bonds is 8. The van der Waals surface area contributed by atoms with Crippen molar-refractivity contribution in [3.63, 3.8) is 0 Å². The van der Waals surface area contributed by atoms with Gasteiger partial charge >= 0.3 is 11.9 Å². The van der Waals surface area contributed by atoms with Crippen molar-refractivity contribution < 1.29 is 29.0 Å². The van der Waals surface area contributed by atoms with Crippen LogP contribution >= 0.6 is 11.8 Å². The van der Waals surface area contributed by atoms with Crippen molar-refractivity contribution in [2.24, 2.45) is 5.41 Å². The van der Waals surface area contributed by atoms with E-state index in [4.69, 9.17) is 9.47 Å². The highest BCUT2D eigenvalue weighted by Gasteiger charge is 2.65. The van der Waals surface area contributed by atoms with Crippen LogP contribution in [0.5, 0.6) is 0 Å². The van der Waals surface area contributed by atoms with E-state index in [0.29, 0.717) is 25.8 Å². The molecule has 30 heavy (non-hydrogen) atoms. The van der Waals surface area contributed by atoms with Gasteiger partial charge in [0.25, 0.3) is 0 Å². The van der Waals surface area contributed by atoms with Gasteiger partial charge in [0.05, 0.1) is 29.4 Å². The molecule has 0 aromatic carbocycles. The van der Waals surface area contributed by atoms with Crippen LogP contribution in [0.25, 0.3) is 0 Å². The molecule has 2 aliphatic heterocycles. The largest absolute Gasteiger partial charge is 0.427 e. The maximum absolute atomic E-state index is 13.2. The number of tetrazole rings is 1. The smallest absolute Gasteiger partial charge is 0.327 e. The van der Waals surface area contributed by atoms with Crippen LogP contribution in [0.1, 0.15) is 47.0 Å². The number of nitrogens with zero attached hydrogens (tertiary/aromatic N) is 5. The van der Waals surface area contributed by atoms with E-state index in [1.165, 1.54) is 18.1 Å². The van der Waals surface area contributed by atoms with Crippen LogP contribution in [0.3, 0.4) is 0 Å². The van der Waals surface area contributed by atoms with E-state index in [2.05, 4.69) is 15.5 Å². The number of carbonyl (C=O) groups excluding carboxylic acids is 3. The predicted octanol–water partition coefficient (Wildman–Crippen LogP) is 0.337. The minimum Gasteiger partial charge on any atom is -0.427 e. The van der Waals surface area contributed by atoms with Crippen molar-refractivity contribution in [1.82, 2.24) is 25.1 Å². The Hall–Kier alpha value is -2.21. The van der Waals surface area contributed by atoms with Gasteiger partial charge in [-0.25, -0.2) is 4.68 Å². The summed E-state index contributed by atoms with van der Waals surface area (Å²) in [7, 11) is 0. The lowest BCUT2D eigenvalue weighted by molar-refractivity contribution is -0.176. The second kappa shape index (κ2) is 8.50. The Morgan fingerprint density at radius 3 is 2.70 bits per heavy atom. The number of aliphatic hydroxyl groups is 1. The Morgan fingerprint density at radius 1 is 1.40 bits per heavy atom. The number of fused-ring (bicyclic) bond motifs is 1. The fourth-order valence-electron chi connectivity index (χ4n) is 3.73. The summed E-state index contributed by atoms with van der Waals surface area (Å²) in [4.78, 5) is 38.9. The van der Waals surface area contributed by atoms with Gasteiger partial charge < -0.3 is 19.5 Å². The molecule has 3 rings (SSSR count). The van der Waals surface area contributed by atoms with Gasteiger partial charge in [-0.3, -0.25) is 14.4 Å². The molecule has 2 fully saturated rings. The third kappa shape index (κ3) is 4.29. The van der Waals surface area contributed by atoms with Crippen LogP contribution < -0.4 is 0 Å². The Balaban J connectivity index is 1.74. The SMILES string of the molecule is C[C@@H](O)C1N2C(=O)C[C@H]2SC1(CCCn1cnnn1)C(=O)OCOC(=O)C(C)(C)C. The lowest BCUT2D eigenvalue weighted by atomic mass is 9.87. The zero-order valence-corrected chi connectivity index (χ0v) is 18.3. The van der Waals surface area contributed by atoms with Crippen LogP contribution in [-0.4, -0.2) is 77.1 Å². The molecule has 3 heterocycles. The van der Waals surface area contributed by atoms with Gasteiger partial charge in [0.15, 0.2) is 0 Å². The standard InChI is InChI=1S/C18H27N5O6S/c1-11(24)14-18(30-13-8-12(25)23(13)14,6-5-7-22-9-19-20-21-22)16(27)29-10-28-15(26)17(2,3)4/h9,11,13-14,24H,5-8,10H2,1-4H3/t11-,13-,14?,18?/m1/s1. The molecule has 12 heteroatoms. The summed E-state index contributed by atoms with van der Waals surface area (Å²) in [5, 5.41) is 21.2. The molecular formula is C18H27N5O6S. The topological polar surface area (TPSA) is 137 Å². The number of ether oxygens (including phenoxy) is 2. The minimum atomic E-state index is -1.17. The summed E-state index contributed by atoms with van der Waals surface area (Å²) in [6, 6.07) is -0.728. The number of aromatic nitrogens is 4. The van der Waals surface area contributed by atoms with E-state index in [0.717, 1.165) is 0 Å². The third-order valence-electron chi connectivity index (χ3n) is 5.19. The molecule has 11 nitrogen and oxygen atoms in total. The lowest BCUT2D eigenvalue weighted by Gasteiger charge is -2.41. The number of β-lactam (4-membered cyclic amide) rings is 1. The van der Waals surface area contributed by atoms with Crippen LogP contribution in [0.2, 0.25) is 0 Å². The highest BCUT2D eigenvalue weighted by atomic mass is 32.2. The van der Waals surface area contributed by atoms with Crippen molar-refractivity contribution in [3.05, 3.63) is 6.33 Å². The highest BCUT2D eigenvalue weighted by molar-refractivity contribution is 8.02.